The van der Waals surface area contributed by atoms with Gasteiger partial charge in [-0.05, 0) is 30.4 Å². The van der Waals surface area contributed by atoms with Gasteiger partial charge in [0.15, 0.2) is 0 Å². The van der Waals surface area contributed by atoms with Gasteiger partial charge in [-0.15, -0.1) is 11.8 Å². The fourth-order valence-electron chi connectivity index (χ4n) is 2.69. The molecule has 0 aromatic heterocycles. The van der Waals surface area contributed by atoms with Crippen molar-refractivity contribution in [1.82, 2.24) is 4.90 Å². The van der Waals surface area contributed by atoms with Gasteiger partial charge in [0.2, 0.25) is 5.91 Å². The molecule has 1 N–H and O–H groups in total. The van der Waals surface area contributed by atoms with Gasteiger partial charge in [0, 0.05) is 34.1 Å². The molecule has 0 saturated carbocycles. The normalized spacial score (nSPS) is 21.7. The number of thiol groups is 1. The number of thioether (sulfide) groups is 2. The highest BCUT2D eigenvalue weighted by Crippen LogP contribution is 2.31. The molecule has 1 fully saturated rings. The Morgan fingerprint density at radius 1 is 1.38 bits per heavy atom. The third kappa shape index (κ3) is 4.86. The fraction of sp³-hybridized carbons (Fsp3) is 0.529. The summed E-state index contributed by atoms with van der Waals surface area (Å²) in [5.74, 6) is -0.0122. The SMILES string of the molecule is CSc1ccc(CS[C@H]2C[C@@H](C(=O)O)N(C(=O)[C@H](C)CS)C2)cc1. The highest BCUT2D eigenvalue weighted by Gasteiger charge is 2.40. The van der Waals surface area contributed by atoms with Crippen molar-refractivity contribution in [2.45, 2.75) is 35.3 Å². The second-order valence-corrected chi connectivity index (χ2v) is 8.48. The summed E-state index contributed by atoms with van der Waals surface area (Å²) in [5.41, 5.74) is 1.22. The summed E-state index contributed by atoms with van der Waals surface area (Å²) < 4.78 is 0. The molecule has 1 heterocycles. The highest BCUT2D eigenvalue weighted by atomic mass is 32.2. The fourth-order valence-corrected chi connectivity index (χ4v) is 4.46. The molecule has 1 aliphatic heterocycles. The van der Waals surface area contributed by atoms with Crippen molar-refractivity contribution in [2.75, 3.05) is 18.6 Å². The van der Waals surface area contributed by atoms with Crippen LogP contribution in [0.25, 0.3) is 0 Å². The number of nitrogens with zero attached hydrogens (tertiary/aromatic N) is 1. The molecule has 7 heteroatoms. The monoisotopic (exact) mass is 385 g/mol. The van der Waals surface area contributed by atoms with Crippen LogP contribution in [0.2, 0.25) is 0 Å². The van der Waals surface area contributed by atoms with Crippen LogP contribution in [0.4, 0.5) is 0 Å². The van der Waals surface area contributed by atoms with E-state index in [1.807, 2.05) is 6.26 Å². The van der Waals surface area contributed by atoms with E-state index in [0.29, 0.717) is 18.7 Å². The van der Waals surface area contributed by atoms with Crippen LogP contribution in [0.1, 0.15) is 18.9 Å². The average Bonchev–Trinajstić information content (AvgIpc) is 3.03. The average molecular weight is 386 g/mol. The number of aliphatic carboxylic acids is 1. The van der Waals surface area contributed by atoms with Crippen molar-refractivity contribution in [3.63, 3.8) is 0 Å². The summed E-state index contributed by atoms with van der Waals surface area (Å²) in [4.78, 5) is 26.6. The number of rotatable bonds is 7. The molecular weight excluding hydrogens is 362 g/mol. The topological polar surface area (TPSA) is 57.6 Å². The number of carboxylic acid groups (broad SMARTS) is 1. The first-order valence-electron chi connectivity index (χ1n) is 7.85. The summed E-state index contributed by atoms with van der Waals surface area (Å²) in [6.07, 6.45) is 2.56. The van der Waals surface area contributed by atoms with Gasteiger partial charge < -0.3 is 10.0 Å². The van der Waals surface area contributed by atoms with Gasteiger partial charge in [-0.1, -0.05) is 19.1 Å². The first-order valence-corrected chi connectivity index (χ1v) is 10.8. The Kier molecular flexibility index (Phi) is 7.37. The molecule has 3 atom stereocenters. The second kappa shape index (κ2) is 9.06. The van der Waals surface area contributed by atoms with Crippen molar-refractivity contribution in [3.05, 3.63) is 29.8 Å². The first-order chi connectivity index (χ1) is 11.5. The second-order valence-electron chi connectivity index (χ2n) is 5.95. The molecule has 2 rings (SSSR count). The van der Waals surface area contributed by atoms with Crippen molar-refractivity contribution in [2.24, 2.45) is 5.92 Å². The van der Waals surface area contributed by atoms with Gasteiger partial charge in [-0.25, -0.2) is 4.79 Å². The Morgan fingerprint density at radius 3 is 2.58 bits per heavy atom. The maximum Gasteiger partial charge on any atom is 0.326 e. The number of hydrogen-bond acceptors (Lipinski definition) is 5. The Bertz CT molecular complexity index is 579. The maximum absolute atomic E-state index is 12.4. The van der Waals surface area contributed by atoms with Crippen molar-refractivity contribution >= 4 is 48.0 Å². The minimum Gasteiger partial charge on any atom is -0.480 e. The van der Waals surface area contributed by atoms with E-state index in [9.17, 15) is 14.7 Å². The molecule has 1 aliphatic rings. The van der Waals surface area contributed by atoms with Crippen LogP contribution < -0.4 is 0 Å². The molecule has 24 heavy (non-hydrogen) atoms. The zero-order valence-electron chi connectivity index (χ0n) is 13.8. The van der Waals surface area contributed by atoms with Gasteiger partial charge in [-0.2, -0.15) is 24.4 Å². The number of amides is 1. The van der Waals surface area contributed by atoms with Crippen LogP contribution in [-0.4, -0.2) is 51.7 Å². The number of hydrogen-bond donors (Lipinski definition) is 2. The lowest BCUT2D eigenvalue weighted by Crippen LogP contribution is -2.43. The van der Waals surface area contributed by atoms with Gasteiger partial charge >= 0.3 is 5.97 Å². The van der Waals surface area contributed by atoms with Gasteiger partial charge in [0.1, 0.15) is 6.04 Å². The molecule has 1 aromatic carbocycles. The molecule has 0 spiro atoms. The first kappa shape index (κ1) is 19.5. The van der Waals surface area contributed by atoms with Crippen molar-refractivity contribution in [1.29, 1.82) is 0 Å². The summed E-state index contributed by atoms with van der Waals surface area (Å²) in [5, 5.41) is 9.58. The van der Waals surface area contributed by atoms with E-state index in [0.717, 1.165) is 5.75 Å². The number of carbonyl (C=O) groups excluding carboxylic acids is 1. The predicted octanol–water partition coefficient (Wildman–Crippen LogP) is 3.26. The number of benzene rings is 1. The van der Waals surface area contributed by atoms with Crippen molar-refractivity contribution in [3.8, 4) is 0 Å². The molecule has 1 saturated heterocycles. The van der Waals surface area contributed by atoms with Crippen LogP contribution >= 0.6 is 36.2 Å². The third-order valence-corrected chi connectivity index (χ3v) is 6.78. The molecule has 1 aromatic rings. The summed E-state index contributed by atoms with van der Waals surface area (Å²) in [6, 6.07) is 7.69. The maximum atomic E-state index is 12.4. The minimum atomic E-state index is -0.915. The summed E-state index contributed by atoms with van der Waals surface area (Å²) in [7, 11) is 0. The smallest absolute Gasteiger partial charge is 0.326 e. The zero-order chi connectivity index (χ0) is 17.7. The van der Waals surface area contributed by atoms with E-state index >= 15 is 0 Å². The molecule has 0 bridgehead atoms. The van der Waals surface area contributed by atoms with Crippen LogP contribution in [0.5, 0.6) is 0 Å². The third-order valence-electron chi connectivity index (χ3n) is 4.17. The lowest BCUT2D eigenvalue weighted by atomic mass is 10.1. The highest BCUT2D eigenvalue weighted by molar-refractivity contribution is 7.99. The van der Waals surface area contributed by atoms with Crippen molar-refractivity contribution < 1.29 is 14.7 Å². The Hall–Kier alpha value is -0.790. The quantitative estimate of drug-likeness (QED) is 0.557. The van der Waals surface area contributed by atoms with E-state index in [1.165, 1.54) is 15.4 Å². The van der Waals surface area contributed by atoms with E-state index in [2.05, 4.69) is 36.9 Å². The van der Waals surface area contributed by atoms with Crippen LogP contribution in [-0.2, 0) is 15.3 Å². The molecular formula is C17H23NO3S3. The van der Waals surface area contributed by atoms with Gasteiger partial charge in [0.05, 0.1) is 0 Å². The number of likely N-dealkylation sites (tertiary alicyclic amines) is 1. The largest absolute Gasteiger partial charge is 0.480 e. The molecule has 0 radical (unpaired) electrons. The Labute approximate surface area is 157 Å². The number of carbonyl (C=O) groups is 2. The lowest BCUT2D eigenvalue weighted by Gasteiger charge is -2.24. The molecule has 4 nitrogen and oxygen atoms in total. The lowest BCUT2D eigenvalue weighted by molar-refractivity contribution is -0.149. The molecule has 0 unspecified atom stereocenters. The molecule has 0 aliphatic carbocycles. The Balaban J connectivity index is 1.96. The Morgan fingerprint density at radius 2 is 2.04 bits per heavy atom. The van der Waals surface area contributed by atoms with E-state index in [-0.39, 0.29) is 17.1 Å². The molecule has 1 amide bonds. The van der Waals surface area contributed by atoms with Crippen LogP contribution in [0, 0.1) is 5.92 Å². The van der Waals surface area contributed by atoms with Gasteiger partial charge in [0.25, 0.3) is 0 Å². The van der Waals surface area contributed by atoms with E-state index < -0.39 is 12.0 Å². The number of carboxylic acids is 1. The van der Waals surface area contributed by atoms with E-state index in [4.69, 9.17) is 0 Å². The standard InChI is InChI=1S/C17H23NO3S3/c1-11(9-22)16(19)18-8-14(7-15(18)17(20)21)24-10-12-3-5-13(23-2)6-4-12/h3-6,11,14-15,22H,7-10H2,1-2H3,(H,20,21)/t11-,14+,15+/m1/s1. The van der Waals surface area contributed by atoms with E-state index in [1.54, 1.807) is 30.4 Å². The minimum absolute atomic E-state index is 0.107. The molecule has 132 valence electrons. The summed E-state index contributed by atoms with van der Waals surface area (Å²) >= 11 is 7.59. The van der Waals surface area contributed by atoms with Gasteiger partial charge in [-0.3, -0.25) is 4.79 Å². The van der Waals surface area contributed by atoms with Crippen LogP contribution in [0.3, 0.4) is 0 Å². The zero-order valence-corrected chi connectivity index (χ0v) is 16.4. The van der Waals surface area contributed by atoms with Crippen LogP contribution in [0.15, 0.2) is 29.2 Å². The summed E-state index contributed by atoms with van der Waals surface area (Å²) in [6.45, 7) is 2.30. The predicted molar refractivity (Wildman–Crippen MR) is 104 cm³/mol.